The summed E-state index contributed by atoms with van der Waals surface area (Å²) in [5, 5.41) is 0. The maximum absolute atomic E-state index is 12.3. The maximum Gasteiger partial charge on any atom is 0.410 e. The first-order valence-electron chi connectivity index (χ1n) is 7.29. The molecule has 0 spiro atoms. The number of aromatic nitrogens is 2. The fraction of sp³-hybridized carbons (Fsp3) is 0.714. The van der Waals surface area contributed by atoms with E-state index in [1.807, 2.05) is 4.90 Å². The Morgan fingerprint density at radius 1 is 1.53 bits per heavy atom. The van der Waals surface area contributed by atoms with Gasteiger partial charge in [-0.15, -0.1) is 0 Å². The predicted molar refractivity (Wildman–Crippen MR) is 70.8 cm³/mol. The highest BCUT2D eigenvalue weighted by atomic mass is 16.6. The first kappa shape index (κ1) is 12.5. The van der Waals surface area contributed by atoms with Crippen LogP contribution in [-0.2, 0) is 11.2 Å². The minimum Gasteiger partial charge on any atom is -0.446 e. The van der Waals surface area contributed by atoms with Crippen LogP contribution in [0.1, 0.15) is 56.5 Å². The summed E-state index contributed by atoms with van der Waals surface area (Å²) in [4.78, 5) is 21.7. The molecule has 1 saturated carbocycles. The molecule has 1 atom stereocenters. The number of rotatable bonds is 2. The fourth-order valence-corrected chi connectivity index (χ4v) is 3.20. The number of carbonyl (C=O) groups is 1. The quantitative estimate of drug-likeness (QED) is 0.892. The molecular weight excluding hydrogens is 242 g/mol. The van der Waals surface area contributed by atoms with E-state index in [1.165, 1.54) is 12.8 Å². The highest BCUT2D eigenvalue weighted by Gasteiger charge is 2.33. The Hall–Kier alpha value is -1.52. The molecule has 1 aliphatic heterocycles. The van der Waals surface area contributed by atoms with Gasteiger partial charge in [-0.25, -0.2) is 9.78 Å². The highest BCUT2D eigenvalue weighted by molar-refractivity contribution is 5.69. The molecule has 1 aromatic heterocycles. The van der Waals surface area contributed by atoms with Gasteiger partial charge in [0.25, 0.3) is 0 Å². The Morgan fingerprint density at radius 2 is 2.32 bits per heavy atom. The van der Waals surface area contributed by atoms with Gasteiger partial charge in [0.2, 0.25) is 0 Å². The van der Waals surface area contributed by atoms with Gasteiger partial charge in [0.15, 0.2) is 0 Å². The summed E-state index contributed by atoms with van der Waals surface area (Å²) >= 11 is 0. The van der Waals surface area contributed by atoms with Crippen LogP contribution < -0.4 is 0 Å². The van der Waals surface area contributed by atoms with Crippen LogP contribution in [-0.4, -0.2) is 33.6 Å². The van der Waals surface area contributed by atoms with E-state index < -0.39 is 0 Å². The summed E-state index contributed by atoms with van der Waals surface area (Å²) in [6.45, 7) is 2.81. The minimum absolute atomic E-state index is 0.0592. The van der Waals surface area contributed by atoms with Crippen LogP contribution in [0.5, 0.6) is 0 Å². The van der Waals surface area contributed by atoms with E-state index in [0.717, 1.165) is 43.6 Å². The Kier molecular flexibility index (Phi) is 3.44. The van der Waals surface area contributed by atoms with E-state index in [-0.39, 0.29) is 18.2 Å². The third-order valence-electron chi connectivity index (χ3n) is 4.24. The first-order valence-corrected chi connectivity index (χ1v) is 7.29. The number of carbonyl (C=O) groups excluding carboxylic acids is 1. The molecule has 1 N–H and O–H groups in total. The molecule has 1 fully saturated rings. The van der Waals surface area contributed by atoms with Gasteiger partial charge in [0, 0.05) is 18.7 Å². The van der Waals surface area contributed by atoms with Crippen molar-refractivity contribution in [1.29, 1.82) is 0 Å². The normalized spacial score (nSPS) is 23.4. The summed E-state index contributed by atoms with van der Waals surface area (Å²) in [6, 6.07) is 0.0592. The average molecular weight is 263 g/mol. The molecule has 2 heterocycles. The molecule has 0 bridgehead atoms. The smallest absolute Gasteiger partial charge is 0.410 e. The number of H-pyrrole nitrogens is 1. The second-order valence-electron chi connectivity index (χ2n) is 5.42. The Morgan fingerprint density at radius 3 is 3.05 bits per heavy atom. The third-order valence-corrected chi connectivity index (χ3v) is 4.24. The van der Waals surface area contributed by atoms with Gasteiger partial charge in [-0.1, -0.05) is 6.92 Å². The summed E-state index contributed by atoms with van der Waals surface area (Å²) in [5.41, 5.74) is 2.17. The number of imidazole rings is 1. The van der Waals surface area contributed by atoms with Gasteiger partial charge < -0.3 is 9.72 Å². The van der Waals surface area contributed by atoms with Gasteiger partial charge in [-0.05, 0) is 32.1 Å². The standard InChI is InChI=1S/C14H21N3O2/c1-2-12-13-11(15-9-16-13)7-8-17(12)14(18)19-10-5-3-4-6-10/h9-10,12H,2-8H2,1H3,(H,15,16). The predicted octanol–water partition coefficient (Wildman–Crippen LogP) is 2.80. The van der Waals surface area contributed by atoms with Gasteiger partial charge in [0.1, 0.15) is 6.10 Å². The average Bonchev–Trinajstić information content (AvgIpc) is 3.07. The Bertz CT molecular complexity index is 451. The SMILES string of the molecule is CCC1c2nc[nH]c2CCN1C(=O)OC1CCCC1. The van der Waals surface area contributed by atoms with Crippen molar-refractivity contribution in [3.8, 4) is 0 Å². The van der Waals surface area contributed by atoms with Crippen LogP contribution >= 0.6 is 0 Å². The molecule has 0 saturated heterocycles. The van der Waals surface area contributed by atoms with Crippen molar-refractivity contribution >= 4 is 6.09 Å². The molecule has 2 aliphatic rings. The lowest BCUT2D eigenvalue weighted by Crippen LogP contribution is -2.41. The van der Waals surface area contributed by atoms with E-state index in [1.54, 1.807) is 6.33 Å². The lowest BCUT2D eigenvalue weighted by atomic mass is 10.0. The van der Waals surface area contributed by atoms with Crippen molar-refractivity contribution in [2.45, 2.75) is 57.6 Å². The molecule has 1 amide bonds. The van der Waals surface area contributed by atoms with E-state index in [0.29, 0.717) is 0 Å². The van der Waals surface area contributed by atoms with E-state index in [2.05, 4.69) is 16.9 Å². The molecule has 0 radical (unpaired) electrons. The summed E-state index contributed by atoms with van der Waals surface area (Å²) in [5.74, 6) is 0. The molecule has 19 heavy (non-hydrogen) atoms. The molecule has 1 unspecified atom stereocenters. The molecule has 0 aromatic carbocycles. The molecule has 104 valence electrons. The Balaban J connectivity index is 1.71. The maximum atomic E-state index is 12.3. The van der Waals surface area contributed by atoms with Crippen LogP contribution in [0.2, 0.25) is 0 Å². The lowest BCUT2D eigenvalue weighted by Gasteiger charge is -2.34. The topological polar surface area (TPSA) is 58.2 Å². The van der Waals surface area contributed by atoms with Crippen LogP contribution in [0.3, 0.4) is 0 Å². The number of nitrogens with one attached hydrogen (secondary N) is 1. The number of aromatic amines is 1. The number of ether oxygens (including phenoxy) is 1. The van der Waals surface area contributed by atoms with Gasteiger partial charge in [-0.2, -0.15) is 0 Å². The third kappa shape index (κ3) is 2.33. The molecule has 1 aromatic rings. The number of hydrogen-bond donors (Lipinski definition) is 1. The van der Waals surface area contributed by atoms with E-state index in [4.69, 9.17) is 4.74 Å². The number of nitrogens with zero attached hydrogens (tertiary/aromatic N) is 2. The van der Waals surface area contributed by atoms with Crippen LogP contribution in [0.15, 0.2) is 6.33 Å². The van der Waals surface area contributed by atoms with Crippen molar-refractivity contribution < 1.29 is 9.53 Å². The van der Waals surface area contributed by atoms with Crippen molar-refractivity contribution in [3.05, 3.63) is 17.7 Å². The first-order chi connectivity index (χ1) is 9.29. The summed E-state index contributed by atoms with van der Waals surface area (Å²) in [6.07, 6.45) is 7.80. The molecule has 5 nitrogen and oxygen atoms in total. The Labute approximate surface area is 113 Å². The van der Waals surface area contributed by atoms with E-state index in [9.17, 15) is 4.79 Å². The van der Waals surface area contributed by atoms with Gasteiger partial charge in [0.05, 0.1) is 18.1 Å². The minimum atomic E-state index is -0.160. The van der Waals surface area contributed by atoms with Crippen molar-refractivity contribution in [2.75, 3.05) is 6.54 Å². The van der Waals surface area contributed by atoms with Gasteiger partial charge in [-0.3, -0.25) is 4.90 Å². The number of amides is 1. The monoisotopic (exact) mass is 263 g/mol. The van der Waals surface area contributed by atoms with Crippen LogP contribution in [0.4, 0.5) is 4.79 Å². The molecule has 1 aliphatic carbocycles. The fourth-order valence-electron chi connectivity index (χ4n) is 3.20. The number of hydrogen-bond acceptors (Lipinski definition) is 3. The summed E-state index contributed by atoms with van der Waals surface area (Å²) < 4.78 is 5.62. The largest absolute Gasteiger partial charge is 0.446 e. The summed E-state index contributed by atoms with van der Waals surface area (Å²) in [7, 11) is 0. The second kappa shape index (κ2) is 5.23. The van der Waals surface area contributed by atoms with Crippen molar-refractivity contribution in [3.63, 3.8) is 0 Å². The second-order valence-corrected chi connectivity index (χ2v) is 5.42. The zero-order chi connectivity index (χ0) is 13.2. The number of fused-ring (bicyclic) bond motifs is 1. The molecule has 5 heteroatoms. The molecule has 3 rings (SSSR count). The van der Waals surface area contributed by atoms with Crippen molar-refractivity contribution in [1.82, 2.24) is 14.9 Å². The van der Waals surface area contributed by atoms with Gasteiger partial charge >= 0.3 is 6.09 Å². The zero-order valence-electron chi connectivity index (χ0n) is 11.4. The highest BCUT2D eigenvalue weighted by Crippen LogP contribution is 2.31. The zero-order valence-corrected chi connectivity index (χ0v) is 11.4. The van der Waals surface area contributed by atoms with Crippen LogP contribution in [0.25, 0.3) is 0 Å². The van der Waals surface area contributed by atoms with Crippen LogP contribution in [0, 0.1) is 0 Å². The van der Waals surface area contributed by atoms with E-state index >= 15 is 0 Å². The van der Waals surface area contributed by atoms with Crippen molar-refractivity contribution in [2.24, 2.45) is 0 Å². The lowest BCUT2D eigenvalue weighted by molar-refractivity contribution is 0.0489. The molecular formula is C14H21N3O2.